The number of aromatic nitrogens is 2. The van der Waals surface area contributed by atoms with Gasteiger partial charge in [-0.1, -0.05) is 31.0 Å². The average molecular weight is 446 g/mol. The molecule has 1 aliphatic heterocycles. The van der Waals surface area contributed by atoms with E-state index in [1.54, 1.807) is 19.1 Å². The predicted molar refractivity (Wildman–Crippen MR) is 119 cm³/mol. The summed E-state index contributed by atoms with van der Waals surface area (Å²) in [6.45, 7) is 2.16. The number of hydrogen-bond donors (Lipinski definition) is 3. The van der Waals surface area contributed by atoms with Crippen molar-refractivity contribution in [1.82, 2.24) is 14.5 Å². The standard InChI is InChI=1S/C23H31N3O6/c1-16-14-26(20-13-18(28)19(15-27)32-20)23(31)25(22(16)30)12-8-3-2-7-11-24-21(29)17-9-5-4-6-10-17/h4-6,9-10,14,18-20,27-28H,2-3,7-8,11-13,15H2,1H3,(H,24,29). The van der Waals surface area contributed by atoms with Crippen molar-refractivity contribution in [2.24, 2.45) is 0 Å². The SMILES string of the molecule is Cc1cn(C2CC(O)C(CO)O2)c(=O)n(CCCCCCNC(=O)c2ccccc2)c1=O. The number of amides is 1. The molecule has 1 aliphatic rings. The van der Waals surface area contributed by atoms with Gasteiger partial charge in [-0.2, -0.15) is 0 Å². The molecule has 9 heteroatoms. The van der Waals surface area contributed by atoms with Crippen molar-refractivity contribution in [2.45, 2.75) is 64.0 Å². The van der Waals surface area contributed by atoms with E-state index in [1.165, 1.54) is 15.3 Å². The van der Waals surface area contributed by atoms with Crippen molar-refractivity contribution in [3.63, 3.8) is 0 Å². The Balaban J connectivity index is 1.49. The van der Waals surface area contributed by atoms with Crippen LogP contribution in [0.1, 0.15) is 54.3 Å². The number of benzene rings is 1. The highest BCUT2D eigenvalue weighted by molar-refractivity contribution is 5.94. The molecule has 1 fully saturated rings. The number of ether oxygens (including phenoxy) is 1. The zero-order valence-electron chi connectivity index (χ0n) is 18.3. The van der Waals surface area contributed by atoms with Gasteiger partial charge in [0.1, 0.15) is 12.3 Å². The first-order valence-electron chi connectivity index (χ1n) is 11.0. The number of unbranched alkanes of at least 4 members (excludes halogenated alkanes) is 3. The smallest absolute Gasteiger partial charge is 0.333 e. The molecule has 1 aromatic carbocycles. The average Bonchev–Trinajstić information content (AvgIpc) is 3.18. The van der Waals surface area contributed by atoms with Gasteiger partial charge in [-0.3, -0.25) is 18.7 Å². The van der Waals surface area contributed by atoms with Crippen LogP contribution in [0.2, 0.25) is 0 Å². The van der Waals surface area contributed by atoms with Gasteiger partial charge in [0.2, 0.25) is 0 Å². The maximum absolute atomic E-state index is 12.9. The fourth-order valence-corrected chi connectivity index (χ4v) is 3.85. The van der Waals surface area contributed by atoms with E-state index in [0.717, 1.165) is 19.3 Å². The van der Waals surface area contributed by atoms with Gasteiger partial charge in [0, 0.05) is 36.8 Å². The highest BCUT2D eigenvalue weighted by Gasteiger charge is 2.35. The summed E-state index contributed by atoms with van der Waals surface area (Å²) in [6, 6.07) is 9.04. The van der Waals surface area contributed by atoms with Crippen LogP contribution < -0.4 is 16.6 Å². The summed E-state index contributed by atoms with van der Waals surface area (Å²) in [4.78, 5) is 37.4. The number of aliphatic hydroxyl groups excluding tert-OH is 2. The van der Waals surface area contributed by atoms with Crippen molar-refractivity contribution in [3.8, 4) is 0 Å². The first kappa shape index (κ1) is 23.9. The van der Waals surface area contributed by atoms with Gasteiger partial charge < -0.3 is 20.3 Å². The summed E-state index contributed by atoms with van der Waals surface area (Å²) in [5, 5.41) is 22.1. The Morgan fingerprint density at radius 3 is 2.56 bits per heavy atom. The molecule has 2 aromatic rings. The summed E-state index contributed by atoms with van der Waals surface area (Å²) < 4.78 is 8.10. The number of nitrogens with one attached hydrogen (secondary N) is 1. The molecule has 3 unspecified atom stereocenters. The number of carbonyl (C=O) groups is 1. The van der Waals surface area contributed by atoms with Crippen LogP contribution in [0.3, 0.4) is 0 Å². The number of nitrogens with zero attached hydrogens (tertiary/aromatic N) is 2. The van der Waals surface area contributed by atoms with Crippen molar-refractivity contribution in [3.05, 3.63) is 68.5 Å². The van der Waals surface area contributed by atoms with Crippen molar-refractivity contribution in [2.75, 3.05) is 13.2 Å². The third-order valence-corrected chi connectivity index (χ3v) is 5.69. The molecule has 2 heterocycles. The van der Waals surface area contributed by atoms with Crippen molar-refractivity contribution >= 4 is 5.91 Å². The first-order valence-corrected chi connectivity index (χ1v) is 11.0. The molecular weight excluding hydrogens is 414 g/mol. The van der Waals surface area contributed by atoms with Crippen LogP contribution in [-0.4, -0.2) is 50.6 Å². The Morgan fingerprint density at radius 2 is 1.88 bits per heavy atom. The molecule has 0 radical (unpaired) electrons. The lowest BCUT2D eigenvalue weighted by Crippen LogP contribution is -2.42. The van der Waals surface area contributed by atoms with E-state index in [2.05, 4.69) is 5.32 Å². The normalized spacial score (nSPS) is 20.4. The number of rotatable bonds is 10. The minimum atomic E-state index is -0.861. The number of carbonyl (C=O) groups excluding carboxylic acids is 1. The van der Waals surface area contributed by atoms with Gasteiger partial charge in [-0.25, -0.2) is 4.79 Å². The van der Waals surface area contributed by atoms with Crippen LogP contribution in [0.5, 0.6) is 0 Å². The highest BCUT2D eigenvalue weighted by Crippen LogP contribution is 2.27. The summed E-state index contributed by atoms with van der Waals surface area (Å²) in [6.07, 6.45) is 2.45. The Hall–Kier alpha value is -2.75. The zero-order valence-corrected chi connectivity index (χ0v) is 18.3. The number of aryl methyl sites for hydroxylation is 1. The van der Waals surface area contributed by atoms with E-state index in [0.29, 0.717) is 24.1 Å². The van der Waals surface area contributed by atoms with Gasteiger partial charge in [-0.15, -0.1) is 0 Å². The van der Waals surface area contributed by atoms with Gasteiger partial charge in [0.05, 0.1) is 12.7 Å². The molecule has 1 aromatic heterocycles. The minimum absolute atomic E-state index is 0.0971. The third kappa shape index (κ3) is 5.73. The molecule has 0 spiro atoms. The molecule has 0 saturated carbocycles. The second-order valence-electron chi connectivity index (χ2n) is 8.11. The van der Waals surface area contributed by atoms with Crippen molar-refractivity contribution < 1.29 is 19.7 Å². The van der Waals surface area contributed by atoms with E-state index in [4.69, 9.17) is 4.74 Å². The molecular formula is C23H31N3O6. The number of aliphatic hydroxyl groups is 2. The fourth-order valence-electron chi connectivity index (χ4n) is 3.85. The van der Waals surface area contributed by atoms with E-state index in [9.17, 15) is 24.6 Å². The second kappa shape index (κ2) is 11.2. The third-order valence-electron chi connectivity index (χ3n) is 5.69. The quantitative estimate of drug-likeness (QED) is 0.468. The van der Waals surface area contributed by atoms with Crippen LogP contribution in [0, 0.1) is 6.92 Å². The fraction of sp³-hybridized carbons (Fsp3) is 0.522. The van der Waals surface area contributed by atoms with Crippen LogP contribution in [-0.2, 0) is 11.3 Å². The molecule has 32 heavy (non-hydrogen) atoms. The number of hydrogen-bond acceptors (Lipinski definition) is 6. The van der Waals surface area contributed by atoms with Crippen LogP contribution in [0.15, 0.2) is 46.1 Å². The summed E-state index contributed by atoms with van der Waals surface area (Å²) in [7, 11) is 0. The summed E-state index contributed by atoms with van der Waals surface area (Å²) >= 11 is 0. The molecule has 0 aliphatic carbocycles. The lowest BCUT2D eigenvalue weighted by Gasteiger charge is -2.17. The largest absolute Gasteiger partial charge is 0.394 e. The Kier molecular flexibility index (Phi) is 8.38. The molecule has 9 nitrogen and oxygen atoms in total. The maximum Gasteiger partial charge on any atom is 0.333 e. The van der Waals surface area contributed by atoms with E-state index in [-0.39, 0.29) is 31.0 Å². The second-order valence-corrected chi connectivity index (χ2v) is 8.11. The maximum atomic E-state index is 12.9. The monoisotopic (exact) mass is 445 g/mol. The zero-order chi connectivity index (χ0) is 23.1. The molecule has 3 atom stereocenters. The molecule has 1 amide bonds. The van der Waals surface area contributed by atoms with Crippen LogP contribution in [0.4, 0.5) is 0 Å². The first-order chi connectivity index (χ1) is 15.4. The summed E-state index contributed by atoms with van der Waals surface area (Å²) in [5.74, 6) is -0.0971. The van der Waals surface area contributed by atoms with Crippen LogP contribution >= 0.6 is 0 Å². The Labute approximate surface area is 186 Å². The predicted octanol–water partition coefficient (Wildman–Crippen LogP) is 0.950. The van der Waals surface area contributed by atoms with E-state index in [1.807, 2.05) is 18.2 Å². The lowest BCUT2D eigenvalue weighted by atomic mass is 10.1. The molecule has 174 valence electrons. The molecule has 3 rings (SSSR count). The molecule has 3 N–H and O–H groups in total. The van der Waals surface area contributed by atoms with Crippen molar-refractivity contribution in [1.29, 1.82) is 0 Å². The molecule has 0 bridgehead atoms. The van der Waals surface area contributed by atoms with E-state index >= 15 is 0 Å². The minimum Gasteiger partial charge on any atom is -0.394 e. The Morgan fingerprint density at radius 1 is 1.16 bits per heavy atom. The lowest BCUT2D eigenvalue weighted by molar-refractivity contribution is -0.0464. The highest BCUT2D eigenvalue weighted by atomic mass is 16.5. The van der Waals surface area contributed by atoms with Crippen LogP contribution in [0.25, 0.3) is 0 Å². The Bertz CT molecular complexity index is 1020. The van der Waals surface area contributed by atoms with Gasteiger partial charge in [-0.05, 0) is 31.9 Å². The molecule has 1 saturated heterocycles. The van der Waals surface area contributed by atoms with Gasteiger partial charge >= 0.3 is 5.69 Å². The van der Waals surface area contributed by atoms with E-state index < -0.39 is 24.1 Å². The summed E-state index contributed by atoms with van der Waals surface area (Å²) in [5.41, 5.74) is 0.232. The topological polar surface area (TPSA) is 123 Å². The van der Waals surface area contributed by atoms with Gasteiger partial charge in [0.15, 0.2) is 0 Å². The van der Waals surface area contributed by atoms with Gasteiger partial charge in [0.25, 0.3) is 11.5 Å².